The normalized spacial score (nSPS) is 56.3. The Hall–Kier alpha value is -0.160. The van der Waals surface area contributed by atoms with Crippen LogP contribution in [0.2, 0.25) is 0 Å². The zero-order valence-corrected chi connectivity index (χ0v) is 13.9. The van der Waals surface area contributed by atoms with E-state index < -0.39 is 0 Å². The van der Waals surface area contributed by atoms with Gasteiger partial charge in [-0.05, 0) is 56.3 Å². The van der Waals surface area contributed by atoms with Gasteiger partial charge >= 0.3 is 0 Å². The Bertz CT molecular complexity index is 502. The smallest absolute Gasteiger partial charge is 0.171 e. The molecule has 128 valence electrons. The summed E-state index contributed by atoms with van der Waals surface area (Å²) in [6, 6.07) is 0. The number of rotatable bonds is 1. The van der Waals surface area contributed by atoms with Crippen molar-refractivity contribution in [1.29, 1.82) is 0 Å². The summed E-state index contributed by atoms with van der Waals surface area (Å²) in [5.74, 6) is 2.89. The third-order valence-corrected chi connectivity index (χ3v) is 7.89. The molecule has 0 aromatic rings. The summed E-state index contributed by atoms with van der Waals surface area (Å²) in [7, 11) is 0. The van der Waals surface area contributed by atoms with E-state index in [2.05, 4.69) is 0 Å². The van der Waals surface area contributed by atoms with Gasteiger partial charge in [0, 0.05) is 24.7 Å². The maximum atomic E-state index is 6.68. The molecule has 0 aromatic carbocycles. The highest BCUT2D eigenvalue weighted by Crippen LogP contribution is 2.61. The molecule has 6 fully saturated rings. The fourth-order valence-electron chi connectivity index (χ4n) is 7.05. The van der Waals surface area contributed by atoms with Gasteiger partial charge in [-0.25, -0.2) is 0 Å². The van der Waals surface area contributed by atoms with Crippen molar-refractivity contribution >= 4 is 0 Å². The first kappa shape index (κ1) is 14.1. The number of fused-ring (bicyclic) bond motifs is 6. The van der Waals surface area contributed by atoms with Crippen molar-refractivity contribution in [3.05, 3.63) is 0 Å². The molecule has 2 aliphatic heterocycles. The predicted octanol–water partition coefficient (Wildman–Crippen LogP) is 3.10. The van der Waals surface area contributed by atoms with Gasteiger partial charge in [-0.1, -0.05) is 0 Å². The van der Waals surface area contributed by atoms with E-state index in [0.717, 1.165) is 50.9 Å². The van der Waals surface area contributed by atoms with Crippen molar-refractivity contribution in [3.8, 4) is 0 Å². The van der Waals surface area contributed by atoms with Crippen LogP contribution in [0.25, 0.3) is 0 Å². The van der Waals surface area contributed by atoms with Gasteiger partial charge in [-0.3, -0.25) is 0 Å². The van der Waals surface area contributed by atoms with Crippen LogP contribution in [0.4, 0.5) is 0 Å². The largest absolute Gasteiger partial charge is 0.350 e. The van der Waals surface area contributed by atoms with Crippen molar-refractivity contribution in [3.63, 3.8) is 0 Å². The number of hydrogen-bond acceptors (Lipinski definition) is 4. The van der Waals surface area contributed by atoms with Gasteiger partial charge in [-0.15, -0.1) is 0 Å². The van der Waals surface area contributed by atoms with Crippen LogP contribution in [-0.4, -0.2) is 37.5 Å². The number of ether oxygens (including phenoxy) is 4. The fraction of sp³-hybridized carbons (Fsp3) is 1.00. The fourth-order valence-corrected chi connectivity index (χ4v) is 7.05. The molecular weight excluding hydrogens is 292 g/mol. The highest BCUT2D eigenvalue weighted by Gasteiger charge is 2.64. The first-order valence-corrected chi connectivity index (χ1v) is 9.86. The highest BCUT2D eigenvalue weighted by atomic mass is 16.7. The molecule has 7 atom stereocenters. The van der Waals surface area contributed by atoms with E-state index >= 15 is 0 Å². The molecule has 0 amide bonds. The molecule has 4 bridgehead atoms. The van der Waals surface area contributed by atoms with Gasteiger partial charge in [0.2, 0.25) is 0 Å². The van der Waals surface area contributed by atoms with Crippen molar-refractivity contribution in [1.82, 2.24) is 0 Å². The summed E-state index contributed by atoms with van der Waals surface area (Å²) in [5.41, 5.74) is 0. The molecule has 4 nitrogen and oxygen atoms in total. The molecule has 0 radical (unpaired) electrons. The molecule has 4 aliphatic carbocycles. The molecule has 0 aromatic heterocycles. The summed E-state index contributed by atoms with van der Waals surface area (Å²) >= 11 is 0. The molecular formula is C19H28O4. The Morgan fingerprint density at radius 2 is 1.65 bits per heavy atom. The third kappa shape index (κ3) is 1.87. The van der Waals surface area contributed by atoms with Crippen molar-refractivity contribution in [2.45, 2.75) is 69.0 Å². The van der Waals surface area contributed by atoms with E-state index in [9.17, 15) is 0 Å². The minimum absolute atomic E-state index is 0.211. The van der Waals surface area contributed by atoms with Gasteiger partial charge in [-0.2, -0.15) is 0 Å². The van der Waals surface area contributed by atoms with Gasteiger partial charge in [0.05, 0.1) is 25.9 Å². The summed E-state index contributed by atoms with van der Waals surface area (Å²) in [6.45, 7) is 2.53. The molecule has 2 spiro atoms. The van der Waals surface area contributed by atoms with E-state index in [0.29, 0.717) is 17.8 Å². The van der Waals surface area contributed by atoms with E-state index in [-0.39, 0.29) is 17.7 Å². The lowest BCUT2D eigenvalue weighted by Crippen LogP contribution is -2.50. The lowest BCUT2D eigenvalue weighted by atomic mass is 9.80. The minimum atomic E-state index is -0.278. The van der Waals surface area contributed by atoms with Crippen LogP contribution in [0.1, 0.15) is 51.4 Å². The first-order valence-electron chi connectivity index (χ1n) is 9.86. The molecule has 4 saturated carbocycles. The average Bonchev–Trinajstić information content (AvgIpc) is 3.34. The van der Waals surface area contributed by atoms with Crippen LogP contribution in [-0.2, 0) is 18.9 Å². The Morgan fingerprint density at radius 1 is 0.783 bits per heavy atom. The highest BCUT2D eigenvalue weighted by molar-refractivity contribution is 5.07. The summed E-state index contributed by atoms with van der Waals surface area (Å²) in [4.78, 5) is 0. The van der Waals surface area contributed by atoms with Gasteiger partial charge in [0.25, 0.3) is 0 Å². The second-order valence-corrected chi connectivity index (χ2v) is 9.03. The van der Waals surface area contributed by atoms with Gasteiger partial charge in [0.15, 0.2) is 11.6 Å². The predicted molar refractivity (Wildman–Crippen MR) is 82.6 cm³/mol. The van der Waals surface area contributed by atoms with E-state index in [4.69, 9.17) is 18.9 Å². The van der Waals surface area contributed by atoms with Crippen LogP contribution in [0, 0.1) is 29.6 Å². The Balaban J connectivity index is 1.22. The first-order chi connectivity index (χ1) is 11.3. The zero-order chi connectivity index (χ0) is 15.1. The number of hydrogen-bond donors (Lipinski definition) is 0. The molecule has 23 heavy (non-hydrogen) atoms. The second-order valence-electron chi connectivity index (χ2n) is 9.03. The summed E-state index contributed by atoms with van der Waals surface area (Å²) in [5, 5.41) is 0. The van der Waals surface area contributed by atoms with E-state index in [1.165, 1.54) is 32.1 Å². The van der Waals surface area contributed by atoms with Gasteiger partial charge < -0.3 is 18.9 Å². The summed E-state index contributed by atoms with van der Waals surface area (Å²) in [6.07, 6.45) is 10.2. The molecule has 0 N–H and O–H groups in total. The molecule has 4 heteroatoms. The van der Waals surface area contributed by atoms with E-state index in [1.807, 2.05) is 0 Å². The molecule has 2 saturated heterocycles. The van der Waals surface area contributed by atoms with Crippen LogP contribution >= 0.6 is 0 Å². The van der Waals surface area contributed by atoms with Gasteiger partial charge in [0.1, 0.15) is 0 Å². The molecule has 6 rings (SSSR count). The Kier molecular flexibility index (Phi) is 2.88. The second kappa shape index (κ2) is 4.72. The van der Waals surface area contributed by atoms with Crippen LogP contribution in [0.5, 0.6) is 0 Å². The quantitative estimate of drug-likeness (QED) is 0.744. The molecule has 2 heterocycles. The molecule has 6 aliphatic rings. The van der Waals surface area contributed by atoms with Crippen molar-refractivity contribution in [2.75, 3.05) is 19.8 Å². The minimum Gasteiger partial charge on any atom is -0.350 e. The van der Waals surface area contributed by atoms with Crippen LogP contribution in [0.15, 0.2) is 0 Å². The van der Waals surface area contributed by atoms with Crippen molar-refractivity contribution in [2.24, 2.45) is 29.6 Å². The zero-order valence-electron chi connectivity index (χ0n) is 13.9. The Morgan fingerprint density at radius 3 is 2.39 bits per heavy atom. The summed E-state index contributed by atoms with van der Waals surface area (Å²) < 4.78 is 25.4. The maximum absolute atomic E-state index is 6.68. The molecule has 7 unspecified atom stereocenters. The van der Waals surface area contributed by atoms with Crippen molar-refractivity contribution < 1.29 is 18.9 Å². The standard InChI is InChI=1S/C19H28O4/c1-4-20-19(21-5-1)10-13-7-15(16(19)8-13)17-11-22-18(23-17)9-12-2-3-14(18)6-12/h12-17H,1-11H2. The topological polar surface area (TPSA) is 36.9 Å². The monoisotopic (exact) mass is 320 g/mol. The lowest BCUT2D eigenvalue weighted by Gasteiger charge is -2.44. The lowest BCUT2D eigenvalue weighted by molar-refractivity contribution is -0.303. The maximum Gasteiger partial charge on any atom is 0.171 e. The van der Waals surface area contributed by atoms with Crippen LogP contribution in [0.3, 0.4) is 0 Å². The van der Waals surface area contributed by atoms with Crippen LogP contribution < -0.4 is 0 Å². The van der Waals surface area contributed by atoms with E-state index in [1.54, 1.807) is 0 Å². The Labute approximate surface area is 138 Å². The average molecular weight is 320 g/mol. The SMILES string of the molecule is C1COC2(CC3CC(C4COC5(CC6CCC5C6)O4)C2C3)OC1. The third-order valence-electron chi connectivity index (χ3n) is 7.89.